The summed E-state index contributed by atoms with van der Waals surface area (Å²) in [5.74, 6) is -0.167. The standard InChI is InChI=1S/C16H26FN/c1-2-3-4-5-6-7-11-16(18)13-14-9-8-10-15(17)12-14/h8-10,12,16H,2-7,11,13,18H2,1H3. The molecule has 18 heavy (non-hydrogen) atoms. The van der Waals surface area contributed by atoms with Crippen molar-refractivity contribution in [3.8, 4) is 0 Å². The molecule has 1 aromatic rings. The molecule has 1 atom stereocenters. The lowest BCUT2D eigenvalue weighted by Crippen LogP contribution is -2.22. The van der Waals surface area contributed by atoms with Crippen LogP contribution in [0.3, 0.4) is 0 Å². The highest BCUT2D eigenvalue weighted by molar-refractivity contribution is 5.17. The smallest absolute Gasteiger partial charge is 0.123 e. The van der Waals surface area contributed by atoms with E-state index < -0.39 is 0 Å². The normalized spacial score (nSPS) is 12.6. The van der Waals surface area contributed by atoms with Gasteiger partial charge in [-0.25, -0.2) is 4.39 Å². The minimum atomic E-state index is -0.167. The summed E-state index contributed by atoms with van der Waals surface area (Å²) in [4.78, 5) is 0. The van der Waals surface area contributed by atoms with E-state index >= 15 is 0 Å². The third-order valence-electron chi connectivity index (χ3n) is 3.32. The van der Waals surface area contributed by atoms with Crippen LogP contribution in [-0.4, -0.2) is 6.04 Å². The van der Waals surface area contributed by atoms with Crippen LogP contribution in [0.1, 0.15) is 57.4 Å². The second-order valence-corrected chi connectivity index (χ2v) is 5.15. The van der Waals surface area contributed by atoms with Gasteiger partial charge in [-0.2, -0.15) is 0 Å². The van der Waals surface area contributed by atoms with Gasteiger partial charge in [-0.15, -0.1) is 0 Å². The molecule has 0 aliphatic heterocycles. The highest BCUT2D eigenvalue weighted by atomic mass is 19.1. The maximum absolute atomic E-state index is 13.0. The Morgan fingerprint density at radius 3 is 2.56 bits per heavy atom. The van der Waals surface area contributed by atoms with Crippen LogP contribution in [0.5, 0.6) is 0 Å². The van der Waals surface area contributed by atoms with E-state index in [1.54, 1.807) is 12.1 Å². The van der Waals surface area contributed by atoms with Gasteiger partial charge in [0, 0.05) is 6.04 Å². The van der Waals surface area contributed by atoms with E-state index in [1.807, 2.05) is 6.07 Å². The Bertz CT molecular complexity index is 325. The molecule has 0 amide bonds. The first-order valence-electron chi connectivity index (χ1n) is 7.22. The summed E-state index contributed by atoms with van der Waals surface area (Å²) in [6.07, 6.45) is 9.59. The van der Waals surface area contributed by atoms with Crippen molar-refractivity contribution in [2.75, 3.05) is 0 Å². The molecule has 0 aliphatic carbocycles. The lowest BCUT2D eigenvalue weighted by molar-refractivity contribution is 0.531. The number of benzene rings is 1. The van der Waals surface area contributed by atoms with Crippen LogP contribution in [-0.2, 0) is 6.42 Å². The van der Waals surface area contributed by atoms with E-state index in [-0.39, 0.29) is 11.9 Å². The highest BCUT2D eigenvalue weighted by Crippen LogP contribution is 2.11. The average Bonchev–Trinajstić information content (AvgIpc) is 2.33. The Hall–Kier alpha value is -0.890. The Morgan fingerprint density at radius 1 is 1.11 bits per heavy atom. The molecule has 0 aromatic heterocycles. The van der Waals surface area contributed by atoms with Gasteiger partial charge in [0.2, 0.25) is 0 Å². The van der Waals surface area contributed by atoms with Crippen molar-refractivity contribution < 1.29 is 4.39 Å². The van der Waals surface area contributed by atoms with Crippen molar-refractivity contribution in [1.82, 2.24) is 0 Å². The Morgan fingerprint density at radius 2 is 1.83 bits per heavy atom. The predicted molar refractivity (Wildman–Crippen MR) is 76.1 cm³/mol. The van der Waals surface area contributed by atoms with Gasteiger partial charge >= 0.3 is 0 Å². The lowest BCUT2D eigenvalue weighted by atomic mass is 10.0. The molecule has 0 saturated carbocycles. The van der Waals surface area contributed by atoms with Crippen molar-refractivity contribution in [1.29, 1.82) is 0 Å². The predicted octanol–water partition coefficient (Wildman–Crippen LogP) is 4.45. The Labute approximate surface area is 111 Å². The van der Waals surface area contributed by atoms with Crippen molar-refractivity contribution in [3.05, 3.63) is 35.6 Å². The van der Waals surface area contributed by atoms with Crippen LogP contribution in [0.15, 0.2) is 24.3 Å². The van der Waals surface area contributed by atoms with Crippen LogP contribution >= 0.6 is 0 Å². The van der Waals surface area contributed by atoms with Gasteiger partial charge in [0.05, 0.1) is 0 Å². The summed E-state index contributed by atoms with van der Waals surface area (Å²) < 4.78 is 13.0. The third-order valence-corrected chi connectivity index (χ3v) is 3.32. The monoisotopic (exact) mass is 251 g/mol. The molecule has 2 N–H and O–H groups in total. The highest BCUT2D eigenvalue weighted by Gasteiger charge is 2.04. The number of rotatable bonds is 9. The summed E-state index contributed by atoms with van der Waals surface area (Å²) in [6.45, 7) is 2.23. The zero-order valence-corrected chi connectivity index (χ0v) is 11.5. The fraction of sp³-hybridized carbons (Fsp3) is 0.625. The molecule has 0 spiro atoms. The van der Waals surface area contributed by atoms with Crippen LogP contribution in [0.25, 0.3) is 0 Å². The first-order chi connectivity index (χ1) is 8.72. The van der Waals surface area contributed by atoms with E-state index in [0.29, 0.717) is 0 Å². The molecule has 2 heteroatoms. The summed E-state index contributed by atoms with van der Waals surface area (Å²) in [7, 11) is 0. The van der Waals surface area contributed by atoms with Crippen LogP contribution in [0.4, 0.5) is 4.39 Å². The van der Waals surface area contributed by atoms with E-state index in [4.69, 9.17) is 5.73 Å². The molecule has 0 heterocycles. The Kier molecular flexibility index (Phi) is 7.66. The molecule has 1 rings (SSSR count). The largest absolute Gasteiger partial charge is 0.327 e. The molecule has 1 nitrogen and oxygen atoms in total. The minimum absolute atomic E-state index is 0.165. The zero-order chi connectivity index (χ0) is 13.2. The number of nitrogens with two attached hydrogens (primary N) is 1. The summed E-state index contributed by atoms with van der Waals surface area (Å²) in [5.41, 5.74) is 7.08. The molecule has 0 radical (unpaired) electrons. The molecular formula is C16H26FN. The lowest BCUT2D eigenvalue weighted by Gasteiger charge is -2.11. The molecule has 102 valence electrons. The zero-order valence-electron chi connectivity index (χ0n) is 11.5. The molecule has 1 aromatic carbocycles. The van der Waals surface area contributed by atoms with Gasteiger partial charge in [-0.05, 0) is 30.5 Å². The van der Waals surface area contributed by atoms with Crippen molar-refractivity contribution >= 4 is 0 Å². The third kappa shape index (κ3) is 6.75. The number of hydrogen-bond acceptors (Lipinski definition) is 1. The van der Waals surface area contributed by atoms with Gasteiger partial charge < -0.3 is 5.73 Å². The maximum atomic E-state index is 13.0. The molecule has 0 fully saturated rings. The van der Waals surface area contributed by atoms with Crippen LogP contribution in [0, 0.1) is 5.82 Å². The number of hydrogen-bond donors (Lipinski definition) is 1. The van der Waals surface area contributed by atoms with Gasteiger partial charge in [0.25, 0.3) is 0 Å². The fourth-order valence-corrected chi connectivity index (χ4v) is 2.26. The first-order valence-corrected chi connectivity index (χ1v) is 7.22. The van der Waals surface area contributed by atoms with E-state index in [9.17, 15) is 4.39 Å². The molecule has 0 saturated heterocycles. The van der Waals surface area contributed by atoms with E-state index in [1.165, 1.54) is 44.6 Å². The fourth-order valence-electron chi connectivity index (χ4n) is 2.26. The SMILES string of the molecule is CCCCCCCCC(N)Cc1cccc(F)c1. The Balaban J connectivity index is 2.12. The summed E-state index contributed by atoms with van der Waals surface area (Å²) in [6, 6.07) is 6.92. The van der Waals surface area contributed by atoms with E-state index in [0.717, 1.165) is 18.4 Å². The van der Waals surface area contributed by atoms with Gasteiger partial charge in [0.15, 0.2) is 0 Å². The summed E-state index contributed by atoms with van der Waals surface area (Å²) >= 11 is 0. The second kappa shape index (κ2) is 9.09. The van der Waals surface area contributed by atoms with Crippen molar-refractivity contribution in [3.63, 3.8) is 0 Å². The first kappa shape index (κ1) is 15.2. The topological polar surface area (TPSA) is 26.0 Å². The minimum Gasteiger partial charge on any atom is -0.327 e. The van der Waals surface area contributed by atoms with Crippen molar-refractivity contribution in [2.45, 2.75) is 64.3 Å². The average molecular weight is 251 g/mol. The van der Waals surface area contributed by atoms with Gasteiger partial charge in [-0.1, -0.05) is 57.6 Å². The summed E-state index contributed by atoms with van der Waals surface area (Å²) in [5, 5.41) is 0. The van der Waals surface area contributed by atoms with E-state index in [2.05, 4.69) is 6.92 Å². The van der Waals surface area contributed by atoms with Crippen LogP contribution in [0.2, 0.25) is 0 Å². The quantitative estimate of drug-likeness (QED) is 0.645. The molecule has 0 aliphatic rings. The maximum Gasteiger partial charge on any atom is 0.123 e. The molecule has 0 bridgehead atoms. The van der Waals surface area contributed by atoms with Crippen LogP contribution < -0.4 is 5.73 Å². The second-order valence-electron chi connectivity index (χ2n) is 5.15. The van der Waals surface area contributed by atoms with Crippen molar-refractivity contribution in [2.24, 2.45) is 5.73 Å². The number of unbranched alkanes of at least 4 members (excludes halogenated alkanes) is 5. The van der Waals surface area contributed by atoms with Gasteiger partial charge in [-0.3, -0.25) is 0 Å². The molecular weight excluding hydrogens is 225 g/mol. The molecule has 1 unspecified atom stereocenters. The van der Waals surface area contributed by atoms with Gasteiger partial charge in [0.1, 0.15) is 5.82 Å². The number of halogens is 1.